The minimum atomic E-state index is 0.711. The van der Waals surface area contributed by atoms with Gasteiger partial charge < -0.3 is 10.2 Å². The Balaban J connectivity index is 1.90. The highest BCUT2D eigenvalue weighted by molar-refractivity contribution is 7.16. The number of fused-ring (bicyclic) bond motifs is 1. The fraction of sp³-hybridized carbons (Fsp3) is 0.571. The summed E-state index contributed by atoms with van der Waals surface area (Å²) in [5.41, 5.74) is 0. The Bertz CT molecular complexity index is 560. The summed E-state index contributed by atoms with van der Waals surface area (Å²) in [6.45, 7) is 1.10. The van der Waals surface area contributed by atoms with Crippen LogP contribution in [0.5, 0.6) is 0 Å². The van der Waals surface area contributed by atoms with Crippen LogP contribution < -0.4 is 10.2 Å². The van der Waals surface area contributed by atoms with E-state index in [9.17, 15) is 0 Å². The van der Waals surface area contributed by atoms with Gasteiger partial charge in [-0.15, -0.1) is 11.3 Å². The van der Waals surface area contributed by atoms with Crippen LogP contribution >= 0.6 is 11.3 Å². The van der Waals surface area contributed by atoms with Crippen molar-refractivity contribution >= 4 is 33.3 Å². The second-order valence-electron chi connectivity index (χ2n) is 5.29. The monoisotopic (exact) mass is 276 g/mol. The van der Waals surface area contributed by atoms with Gasteiger partial charge in [-0.05, 0) is 30.2 Å². The van der Waals surface area contributed by atoms with Crippen LogP contribution in [0.1, 0.15) is 25.7 Å². The molecular formula is C14H20N4S. The molecule has 2 aromatic heterocycles. The van der Waals surface area contributed by atoms with E-state index in [1.165, 1.54) is 31.1 Å². The van der Waals surface area contributed by atoms with Crippen molar-refractivity contribution in [3.63, 3.8) is 0 Å². The zero-order valence-corrected chi connectivity index (χ0v) is 12.3. The lowest BCUT2D eigenvalue weighted by Crippen LogP contribution is -2.25. The summed E-state index contributed by atoms with van der Waals surface area (Å²) in [6, 6.07) is 2.12. The molecule has 1 N–H and O–H groups in total. The first-order valence-corrected chi connectivity index (χ1v) is 7.80. The number of thiophene rings is 1. The maximum Gasteiger partial charge on any atom is 0.225 e. The number of nitrogens with zero attached hydrogens (tertiary/aromatic N) is 3. The maximum absolute atomic E-state index is 4.64. The van der Waals surface area contributed by atoms with E-state index in [2.05, 4.69) is 38.7 Å². The molecule has 1 aliphatic rings. The molecule has 19 heavy (non-hydrogen) atoms. The van der Waals surface area contributed by atoms with Crippen LogP contribution in [-0.2, 0) is 0 Å². The number of anilines is 2. The van der Waals surface area contributed by atoms with Gasteiger partial charge in [0.25, 0.3) is 0 Å². The summed E-state index contributed by atoms with van der Waals surface area (Å²) in [7, 11) is 4.02. The predicted molar refractivity (Wildman–Crippen MR) is 82.2 cm³/mol. The first kappa shape index (κ1) is 12.7. The first-order chi connectivity index (χ1) is 9.28. The molecule has 0 radical (unpaired) electrons. The Morgan fingerprint density at radius 1 is 1.37 bits per heavy atom. The third-order valence-corrected chi connectivity index (χ3v) is 4.70. The van der Waals surface area contributed by atoms with E-state index < -0.39 is 0 Å². The van der Waals surface area contributed by atoms with Crippen molar-refractivity contribution in [2.75, 3.05) is 30.9 Å². The van der Waals surface area contributed by atoms with Crippen molar-refractivity contribution in [3.8, 4) is 0 Å². The predicted octanol–water partition coefficient (Wildman–Crippen LogP) is 3.36. The Kier molecular flexibility index (Phi) is 3.55. The minimum Gasteiger partial charge on any atom is -0.359 e. The Hall–Kier alpha value is -1.36. The van der Waals surface area contributed by atoms with Gasteiger partial charge in [0.05, 0.1) is 5.39 Å². The standard InChI is InChI=1S/C14H20N4S/c1-15-14-16-12(11-7-8-19-13(11)17-14)18(2)9-10-5-3-4-6-10/h7-8,10H,3-6,9H2,1-2H3,(H,15,16,17). The van der Waals surface area contributed by atoms with Gasteiger partial charge in [-0.2, -0.15) is 4.98 Å². The molecule has 0 saturated heterocycles. The Morgan fingerprint density at radius 2 is 2.16 bits per heavy atom. The molecule has 0 aliphatic heterocycles. The van der Waals surface area contributed by atoms with Crippen molar-refractivity contribution in [1.29, 1.82) is 0 Å². The summed E-state index contributed by atoms with van der Waals surface area (Å²) in [4.78, 5) is 12.5. The molecule has 1 fully saturated rings. The number of nitrogens with one attached hydrogen (secondary N) is 1. The topological polar surface area (TPSA) is 41.1 Å². The van der Waals surface area contributed by atoms with Crippen molar-refractivity contribution < 1.29 is 0 Å². The minimum absolute atomic E-state index is 0.711. The molecule has 2 heterocycles. The third kappa shape index (κ3) is 2.52. The van der Waals surface area contributed by atoms with Crippen LogP contribution in [0.15, 0.2) is 11.4 Å². The van der Waals surface area contributed by atoms with E-state index in [-0.39, 0.29) is 0 Å². The second-order valence-corrected chi connectivity index (χ2v) is 6.19. The molecule has 102 valence electrons. The molecule has 0 bridgehead atoms. The van der Waals surface area contributed by atoms with Crippen molar-refractivity contribution in [3.05, 3.63) is 11.4 Å². The number of aromatic nitrogens is 2. The molecule has 0 spiro atoms. The van der Waals surface area contributed by atoms with Crippen LogP contribution in [0.25, 0.3) is 10.2 Å². The van der Waals surface area contributed by atoms with Gasteiger partial charge >= 0.3 is 0 Å². The van der Waals surface area contributed by atoms with Crippen molar-refractivity contribution in [1.82, 2.24) is 9.97 Å². The van der Waals surface area contributed by atoms with Gasteiger partial charge in [0.1, 0.15) is 10.6 Å². The highest BCUT2D eigenvalue weighted by atomic mass is 32.1. The highest BCUT2D eigenvalue weighted by Gasteiger charge is 2.19. The molecule has 0 amide bonds. The van der Waals surface area contributed by atoms with E-state index in [0.717, 1.165) is 23.1 Å². The van der Waals surface area contributed by atoms with E-state index in [1.54, 1.807) is 11.3 Å². The maximum atomic E-state index is 4.64. The van der Waals surface area contributed by atoms with E-state index in [0.29, 0.717) is 5.95 Å². The fourth-order valence-corrected chi connectivity index (χ4v) is 3.67. The Morgan fingerprint density at radius 3 is 2.89 bits per heavy atom. The van der Waals surface area contributed by atoms with Crippen LogP contribution in [-0.4, -0.2) is 30.6 Å². The molecule has 4 nitrogen and oxygen atoms in total. The fourth-order valence-electron chi connectivity index (χ4n) is 2.91. The number of hydrogen-bond donors (Lipinski definition) is 1. The van der Waals surface area contributed by atoms with Crippen molar-refractivity contribution in [2.24, 2.45) is 5.92 Å². The summed E-state index contributed by atoms with van der Waals surface area (Å²) < 4.78 is 0. The van der Waals surface area contributed by atoms with E-state index >= 15 is 0 Å². The second kappa shape index (κ2) is 5.33. The smallest absolute Gasteiger partial charge is 0.225 e. The average molecular weight is 276 g/mol. The van der Waals surface area contributed by atoms with Gasteiger partial charge in [0.15, 0.2) is 0 Å². The molecule has 2 aromatic rings. The molecule has 0 aromatic carbocycles. The van der Waals surface area contributed by atoms with Gasteiger partial charge in [0.2, 0.25) is 5.95 Å². The average Bonchev–Trinajstić information content (AvgIpc) is 3.07. The van der Waals surface area contributed by atoms with Crippen molar-refractivity contribution in [2.45, 2.75) is 25.7 Å². The quantitative estimate of drug-likeness (QED) is 0.929. The molecule has 1 saturated carbocycles. The lowest BCUT2D eigenvalue weighted by molar-refractivity contribution is 0.545. The zero-order valence-electron chi connectivity index (χ0n) is 11.5. The summed E-state index contributed by atoms with van der Waals surface area (Å²) >= 11 is 1.67. The SMILES string of the molecule is CNc1nc(N(C)CC2CCCC2)c2ccsc2n1. The number of rotatable bonds is 4. The molecule has 0 unspecified atom stereocenters. The van der Waals surface area contributed by atoms with Crippen LogP contribution in [0, 0.1) is 5.92 Å². The van der Waals surface area contributed by atoms with Gasteiger partial charge in [0, 0.05) is 20.6 Å². The van der Waals surface area contributed by atoms with Crippen LogP contribution in [0.3, 0.4) is 0 Å². The summed E-state index contributed by atoms with van der Waals surface area (Å²) in [6.07, 6.45) is 5.50. The van der Waals surface area contributed by atoms with Crippen LogP contribution in [0.4, 0.5) is 11.8 Å². The van der Waals surface area contributed by atoms with Gasteiger partial charge in [-0.25, -0.2) is 4.98 Å². The molecule has 1 aliphatic carbocycles. The van der Waals surface area contributed by atoms with Crippen LogP contribution in [0.2, 0.25) is 0 Å². The van der Waals surface area contributed by atoms with E-state index in [4.69, 9.17) is 0 Å². The Labute approximate surface area is 117 Å². The largest absolute Gasteiger partial charge is 0.359 e. The van der Waals surface area contributed by atoms with Gasteiger partial charge in [-0.3, -0.25) is 0 Å². The summed E-state index contributed by atoms with van der Waals surface area (Å²) in [5.74, 6) is 2.59. The normalized spacial score (nSPS) is 16.1. The number of hydrogen-bond acceptors (Lipinski definition) is 5. The zero-order chi connectivity index (χ0) is 13.2. The highest BCUT2D eigenvalue weighted by Crippen LogP contribution is 2.31. The van der Waals surface area contributed by atoms with Gasteiger partial charge in [-0.1, -0.05) is 12.8 Å². The summed E-state index contributed by atoms with van der Waals surface area (Å²) in [5, 5.41) is 6.32. The molecule has 0 atom stereocenters. The first-order valence-electron chi connectivity index (χ1n) is 6.92. The lowest BCUT2D eigenvalue weighted by Gasteiger charge is -2.23. The third-order valence-electron chi connectivity index (χ3n) is 3.90. The van der Waals surface area contributed by atoms with E-state index in [1.807, 2.05) is 7.05 Å². The molecule has 5 heteroatoms. The molecule has 3 rings (SSSR count). The molecular weight excluding hydrogens is 256 g/mol. The lowest BCUT2D eigenvalue weighted by atomic mass is 10.1.